The summed E-state index contributed by atoms with van der Waals surface area (Å²) in [5.41, 5.74) is 1.30. The van der Waals surface area contributed by atoms with Crippen LogP contribution in [0.15, 0.2) is 47.4 Å². The average molecular weight is 342 g/mol. The summed E-state index contributed by atoms with van der Waals surface area (Å²) in [7, 11) is -0.829. The number of rotatable bonds is 6. The van der Waals surface area contributed by atoms with Crippen LogP contribution in [-0.2, 0) is 21.4 Å². The van der Waals surface area contributed by atoms with Gasteiger partial charge in [0.2, 0.25) is 0 Å². The molecule has 1 N–H and O–H groups in total. The van der Waals surface area contributed by atoms with Crippen LogP contribution in [-0.4, -0.2) is 22.6 Å². The molecule has 0 saturated carbocycles. The average Bonchev–Trinajstić information content (AvgIpc) is 2.47. The molecule has 2 rings (SSSR count). The first-order valence-corrected chi connectivity index (χ1v) is 8.26. The zero-order valence-corrected chi connectivity index (χ0v) is 13.7. The van der Waals surface area contributed by atoms with Crippen LogP contribution in [0.5, 0.6) is 5.75 Å². The van der Waals surface area contributed by atoms with Crippen molar-refractivity contribution in [1.29, 1.82) is 0 Å². The van der Waals surface area contributed by atoms with Crippen LogP contribution in [0.3, 0.4) is 0 Å². The molecule has 0 aliphatic rings. The lowest BCUT2D eigenvalue weighted by Crippen LogP contribution is -2.14. The Hall–Kier alpha value is -1.76. The van der Waals surface area contributed by atoms with E-state index in [1.165, 1.54) is 19.2 Å². The molecule has 0 heterocycles. The first-order chi connectivity index (χ1) is 10.5. The van der Waals surface area contributed by atoms with Gasteiger partial charge in [-0.3, -0.25) is 4.72 Å². The van der Waals surface area contributed by atoms with Gasteiger partial charge in [0.15, 0.2) is 0 Å². The second-order valence-corrected chi connectivity index (χ2v) is 6.62. The van der Waals surface area contributed by atoms with E-state index in [1.807, 2.05) is 6.07 Å². The van der Waals surface area contributed by atoms with Crippen molar-refractivity contribution in [2.45, 2.75) is 11.5 Å². The quantitative estimate of drug-likeness (QED) is 0.875. The zero-order valence-electron chi connectivity index (χ0n) is 12.2. The fraction of sp³-hybridized carbons (Fsp3) is 0.200. The lowest BCUT2D eigenvalue weighted by molar-refractivity contribution is 0.185. The molecule has 118 valence electrons. The Morgan fingerprint density at radius 2 is 1.91 bits per heavy atom. The monoisotopic (exact) mass is 341 g/mol. The molecule has 0 spiro atoms. The number of methoxy groups -OCH3 is 2. The summed E-state index contributed by atoms with van der Waals surface area (Å²) in [5, 5.41) is 0.314. The van der Waals surface area contributed by atoms with Crippen molar-refractivity contribution in [3.63, 3.8) is 0 Å². The van der Waals surface area contributed by atoms with E-state index in [0.29, 0.717) is 17.3 Å². The predicted molar refractivity (Wildman–Crippen MR) is 86.0 cm³/mol. The molecule has 7 heteroatoms. The van der Waals surface area contributed by atoms with Gasteiger partial charge in [-0.05, 0) is 35.9 Å². The lowest BCUT2D eigenvalue weighted by atomic mass is 10.2. The molecule has 0 fully saturated rings. The van der Waals surface area contributed by atoms with Crippen LogP contribution in [0.2, 0.25) is 5.02 Å². The number of nitrogens with one attached hydrogen (secondary N) is 1. The molecule has 0 aliphatic carbocycles. The topological polar surface area (TPSA) is 64.6 Å². The van der Waals surface area contributed by atoms with Crippen LogP contribution in [0, 0.1) is 0 Å². The highest BCUT2D eigenvalue weighted by Gasteiger charge is 2.20. The number of halogens is 1. The Bertz CT molecular complexity index is 762. The van der Waals surface area contributed by atoms with Gasteiger partial charge >= 0.3 is 0 Å². The standard InChI is InChI=1S/C15H16ClNO4S/c1-20-10-11-4-3-5-13(8-11)17-22(18,19)15-9-12(16)6-7-14(15)21-2/h3-9,17H,10H2,1-2H3. The molecule has 2 aromatic carbocycles. The van der Waals surface area contributed by atoms with Crippen molar-refractivity contribution in [3.05, 3.63) is 53.1 Å². The minimum atomic E-state index is -3.81. The number of sulfonamides is 1. The van der Waals surface area contributed by atoms with Crippen molar-refractivity contribution in [2.75, 3.05) is 18.9 Å². The third-order valence-electron chi connectivity index (χ3n) is 2.91. The lowest BCUT2D eigenvalue weighted by Gasteiger charge is -2.12. The molecule has 0 aliphatic heterocycles. The van der Waals surface area contributed by atoms with E-state index in [4.69, 9.17) is 21.1 Å². The van der Waals surface area contributed by atoms with Gasteiger partial charge in [-0.25, -0.2) is 8.42 Å². The summed E-state index contributed by atoms with van der Waals surface area (Å²) >= 11 is 5.88. The van der Waals surface area contributed by atoms with E-state index in [2.05, 4.69) is 4.72 Å². The van der Waals surface area contributed by atoms with E-state index in [1.54, 1.807) is 31.4 Å². The maximum atomic E-state index is 12.5. The van der Waals surface area contributed by atoms with Crippen molar-refractivity contribution in [2.24, 2.45) is 0 Å². The van der Waals surface area contributed by atoms with Gasteiger partial charge in [-0.2, -0.15) is 0 Å². The number of benzene rings is 2. The molecule has 0 unspecified atom stereocenters. The van der Waals surface area contributed by atoms with Crippen LogP contribution in [0.1, 0.15) is 5.56 Å². The highest BCUT2D eigenvalue weighted by Crippen LogP contribution is 2.28. The molecule has 0 saturated heterocycles. The zero-order chi connectivity index (χ0) is 16.2. The molecule has 0 aromatic heterocycles. The summed E-state index contributed by atoms with van der Waals surface area (Å²) in [5.74, 6) is 0.227. The maximum Gasteiger partial charge on any atom is 0.265 e. The Morgan fingerprint density at radius 3 is 2.59 bits per heavy atom. The summed E-state index contributed by atoms with van der Waals surface area (Å²) in [6, 6.07) is 11.4. The van der Waals surface area contributed by atoms with Crippen LogP contribution in [0.4, 0.5) is 5.69 Å². The van der Waals surface area contributed by atoms with E-state index < -0.39 is 10.0 Å². The van der Waals surface area contributed by atoms with Gasteiger partial charge < -0.3 is 9.47 Å². The summed E-state index contributed by atoms with van der Waals surface area (Å²) in [6.07, 6.45) is 0. The van der Waals surface area contributed by atoms with Gasteiger partial charge in [-0.1, -0.05) is 23.7 Å². The molecule has 0 atom stereocenters. The Labute approximate surface area is 134 Å². The Balaban J connectivity index is 2.35. The minimum Gasteiger partial charge on any atom is -0.495 e. The first kappa shape index (κ1) is 16.6. The SMILES string of the molecule is COCc1cccc(NS(=O)(=O)c2cc(Cl)ccc2OC)c1. The molecule has 5 nitrogen and oxygen atoms in total. The second kappa shape index (κ2) is 7.00. The van der Waals surface area contributed by atoms with Crippen LogP contribution < -0.4 is 9.46 Å². The molecular weight excluding hydrogens is 326 g/mol. The Morgan fingerprint density at radius 1 is 1.14 bits per heavy atom. The molecule has 22 heavy (non-hydrogen) atoms. The maximum absolute atomic E-state index is 12.5. The normalized spacial score (nSPS) is 11.2. The van der Waals surface area contributed by atoms with Crippen LogP contribution >= 0.6 is 11.6 Å². The van der Waals surface area contributed by atoms with Crippen molar-refractivity contribution < 1.29 is 17.9 Å². The van der Waals surface area contributed by atoms with Gasteiger partial charge in [0.05, 0.1) is 13.7 Å². The fourth-order valence-corrected chi connectivity index (χ4v) is 3.44. The highest BCUT2D eigenvalue weighted by atomic mass is 35.5. The molecule has 0 amide bonds. The van der Waals surface area contributed by atoms with E-state index in [-0.39, 0.29) is 10.6 Å². The third kappa shape index (κ3) is 3.91. The van der Waals surface area contributed by atoms with Gasteiger partial charge in [0.1, 0.15) is 10.6 Å². The highest BCUT2D eigenvalue weighted by molar-refractivity contribution is 7.92. The molecule has 0 bridgehead atoms. The van der Waals surface area contributed by atoms with Crippen molar-refractivity contribution in [3.8, 4) is 5.75 Å². The summed E-state index contributed by atoms with van der Waals surface area (Å²) in [6.45, 7) is 0.399. The van der Waals surface area contributed by atoms with Crippen LogP contribution in [0.25, 0.3) is 0 Å². The second-order valence-electron chi connectivity index (χ2n) is 4.53. The predicted octanol–water partition coefficient (Wildman–Crippen LogP) is 3.30. The summed E-state index contributed by atoms with van der Waals surface area (Å²) in [4.78, 5) is -0.0142. The third-order valence-corrected chi connectivity index (χ3v) is 4.54. The molecular formula is C15H16ClNO4S. The number of hydrogen-bond acceptors (Lipinski definition) is 4. The van der Waals surface area contributed by atoms with Crippen molar-refractivity contribution in [1.82, 2.24) is 0 Å². The van der Waals surface area contributed by atoms with Crippen molar-refractivity contribution >= 4 is 27.3 Å². The van der Waals surface area contributed by atoms with Gasteiger partial charge in [0.25, 0.3) is 10.0 Å². The largest absolute Gasteiger partial charge is 0.495 e. The van der Waals surface area contributed by atoms with Gasteiger partial charge in [0, 0.05) is 17.8 Å². The fourth-order valence-electron chi connectivity index (χ4n) is 1.96. The molecule has 0 radical (unpaired) electrons. The molecule has 2 aromatic rings. The number of ether oxygens (including phenoxy) is 2. The van der Waals surface area contributed by atoms with Gasteiger partial charge in [-0.15, -0.1) is 0 Å². The minimum absolute atomic E-state index is 0.0142. The number of hydrogen-bond donors (Lipinski definition) is 1. The first-order valence-electron chi connectivity index (χ1n) is 6.40. The van der Waals surface area contributed by atoms with E-state index in [9.17, 15) is 8.42 Å². The smallest absolute Gasteiger partial charge is 0.265 e. The number of anilines is 1. The summed E-state index contributed by atoms with van der Waals surface area (Å²) < 4.78 is 37.7. The van der Waals surface area contributed by atoms with E-state index >= 15 is 0 Å². The van der Waals surface area contributed by atoms with E-state index in [0.717, 1.165) is 5.56 Å². The Kier molecular flexibility index (Phi) is 5.28.